The maximum atomic E-state index is 14.5. The molecular formula is C28H20F4N2O3. The minimum atomic E-state index is -5.09. The lowest BCUT2D eigenvalue weighted by Crippen LogP contribution is -2.62. The first-order valence-electron chi connectivity index (χ1n) is 10.9. The maximum Gasteiger partial charge on any atom is 0.427 e. The number of nitrogens with one attached hydrogen (secondary N) is 1. The lowest BCUT2D eigenvalue weighted by Gasteiger charge is -2.41. The molecule has 4 rings (SSSR count). The van der Waals surface area contributed by atoms with E-state index in [-0.39, 0.29) is 12.2 Å². The van der Waals surface area contributed by atoms with Gasteiger partial charge in [-0.2, -0.15) is 13.2 Å². The van der Waals surface area contributed by atoms with Gasteiger partial charge in [-0.3, -0.25) is 4.90 Å². The lowest BCUT2D eigenvalue weighted by atomic mass is 9.85. The van der Waals surface area contributed by atoms with Gasteiger partial charge >= 0.3 is 12.2 Å². The van der Waals surface area contributed by atoms with Crippen LogP contribution in [0.25, 0.3) is 0 Å². The van der Waals surface area contributed by atoms with E-state index in [4.69, 9.17) is 9.47 Å². The molecule has 0 aliphatic carbocycles. The number of amides is 2. The number of para-hydroxylation sites is 1. The number of carbonyl (C=O) groups excluding carboxylic acids is 1. The molecule has 9 heteroatoms. The van der Waals surface area contributed by atoms with E-state index in [1.807, 2.05) is 5.32 Å². The van der Waals surface area contributed by atoms with Crippen molar-refractivity contribution >= 4 is 11.7 Å². The topological polar surface area (TPSA) is 50.8 Å². The number of nitrogens with zero attached hydrogens (tertiary/aromatic N) is 1. The molecule has 0 fully saturated rings. The second kappa shape index (κ2) is 10.2. The minimum Gasteiger partial charge on any atom is -0.497 e. The summed E-state index contributed by atoms with van der Waals surface area (Å²) in [5.41, 5.74) is -2.79. The van der Waals surface area contributed by atoms with Crippen molar-refractivity contribution in [1.82, 2.24) is 5.32 Å². The van der Waals surface area contributed by atoms with E-state index in [9.17, 15) is 22.4 Å². The number of benzene rings is 3. The monoisotopic (exact) mass is 508 g/mol. The number of rotatable bonds is 4. The molecule has 0 aromatic heterocycles. The van der Waals surface area contributed by atoms with E-state index in [2.05, 4.69) is 23.7 Å². The van der Waals surface area contributed by atoms with E-state index >= 15 is 0 Å². The highest BCUT2D eigenvalue weighted by Crippen LogP contribution is 2.46. The Morgan fingerprint density at radius 1 is 0.973 bits per heavy atom. The molecule has 0 unspecified atom stereocenters. The van der Waals surface area contributed by atoms with Crippen molar-refractivity contribution in [2.75, 3.05) is 19.1 Å². The van der Waals surface area contributed by atoms with E-state index in [1.165, 1.54) is 14.2 Å². The van der Waals surface area contributed by atoms with Crippen molar-refractivity contribution < 1.29 is 31.8 Å². The zero-order chi connectivity index (χ0) is 26.6. The largest absolute Gasteiger partial charge is 0.497 e. The van der Waals surface area contributed by atoms with Crippen molar-refractivity contribution in [3.05, 3.63) is 89.2 Å². The highest BCUT2D eigenvalue weighted by atomic mass is 19.4. The van der Waals surface area contributed by atoms with Gasteiger partial charge in [0.1, 0.15) is 17.3 Å². The van der Waals surface area contributed by atoms with Crippen molar-refractivity contribution in [2.24, 2.45) is 0 Å². The number of hydrogen-bond acceptors (Lipinski definition) is 3. The van der Waals surface area contributed by atoms with Gasteiger partial charge in [-0.1, -0.05) is 24.3 Å². The van der Waals surface area contributed by atoms with E-state index in [1.54, 1.807) is 48.5 Å². The summed E-state index contributed by atoms with van der Waals surface area (Å²) in [6.45, 7) is -0.0660. The highest BCUT2D eigenvalue weighted by Gasteiger charge is 2.60. The van der Waals surface area contributed by atoms with Crippen LogP contribution in [0.3, 0.4) is 0 Å². The molecule has 5 nitrogen and oxygen atoms in total. The van der Waals surface area contributed by atoms with Crippen LogP contribution in [0.5, 0.6) is 11.5 Å². The van der Waals surface area contributed by atoms with Crippen molar-refractivity contribution in [3.8, 4) is 35.2 Å². The molecule has 2 amide bonds. The summed E-state index contributed by atoms with van der Waals surface area (Å²) in [5, 5.41) is 1.97. The van der Waals surface area contributed by atoms with Gasteiger partial charge in [0.05, 0.1) is 32.0 Å². The van der Waals surface area contributed by atoms with Crippen LogP contribution in [0.1, 0.15) is 16.7 Å². The van der Waals surface area contributed by atoms with E-state index in [0.717, 1.165) is 23.1 Å². The van der Waals surface area contributed by atoms with Gasteiger partial charge in [0.15, 0.2) is 0 Å². The first kappa shape index (κ1) is 25.5. The standard InChI is InChI=1S/C28H20F4N2O3/c1-36-22-13-10-19(11-14-22)18-34-24-15-12-21(29)17-23(24)27(28(30,31)32,33-26(34)35)16-6-5-8-20-7-3-4-9-25(20)37-2/h3-4,7,9-15,17H,18H2,1-2H3,(H,33,35)/t27-/m1/s1. The fourth-order valence-corrected chi connectivity index (χ4v) is 3.88. The fraction of sp³-hybridized carbons (Fsp3) is 0.179. The Morgan fingerprint density at radius 3 is 2.38 bits per heavy atom. The highest BCUT2D eigenvalue weighted by molar-refractivity contribution is 5.97. The molecule has 188 valence electrons. The average molecular weight is 508 g/mol. The third kappa shape index (κ3) is 5.03. The number of anilines is 1. The molecule has 1 N–H and O–H groups in total. The summed E-state index contributed by atoms with van der Waals surface area (Å²) in [4.78, 5) is 14.1. The second-order valence-corrected chi connectivity index (χ2v) is 7.97. The Balaban J connectivity index is 1.79. The van der Waals surface area contributed by atoms with Crippen LogP contribution in [-0.2, 0) is 12.1 Å². The number of ether oxygens (including phenoxy) is 2. The Bertz CT molecular complexity index is 1450. The smallest absolute Gasteiger partial charge is 0.427 e. The van der Waals surface area contributed by atoms with Crippen LogP contribution in [-0.4, -0.2) is 26.4 Å². The zero-order valence-electron chi connectivity index (χ0n) is 19.7. The van der Waals surface area contributed by atoms with E-state index < -0.39 is 29.1 Å². The first-order chi connectivity index (χ1) is 17.7. The van der Waals surface area contributed by atoms with Crippen LogP contribution in [0, 0.1) is 29.5 Å². The quantitative estimate of drug-likeness (QED) is 0.380. The van der Waals surface area contributed by atoms with Gasteiger partial charge in [0.25, 0.3) is 0 Å². The molecule has 3 aromatic carbocycles. The summed E-state index contributed by atoms with van der Waals surface area (Å²) in [6.07, 6.45) is -5.09. The Kier molecular flexibility index (Phi) is 6.99. The number of urea groups is 1. The average Bonchev–Trinajstić information content (AvgIpc) is 2.88. The molecule has 0 spiro atoms. The summed E-state index contributed by atoms with van der Waals surface area (Å²) in [5.74, 6) is 9.39. The van der Waals surface area contributed by atoms with Crippen molar-refractivity contribution in [3.63, 3.8) is 0 Å². The molecular weight excluding hydrogens is 488 g/mol. The molecule has 37 heavy (non-hydrogen) atoms. The molecule has 1 aliphatic rings. The summed E-state index contributed by atoms with van der Waals surface area (Å²) in [6, 6.07) is 15.2. The van der Waals surface area contributed by atoms with Gasteiger partial charge in [-0.15, -0.1) is 0 Å². The molecule has 0 saturated carbocycles. The number of hydrogen-bond donors (Lipinski definition) is 1. The summed E-state index contributed by atoms with van der Waals surface area (Å²) < 4.78 is 68.2. The Morgan fingerprint density at radius 2 is 1.70 bits per heavy atom. The zero-order valence-corrected chi connectivity index (χ0v) is 19.7. The second-order valence-electron chi connectivity index (χ2n) is 7.97. The number of methoxy groups -OCH3 is 2. The van der Waals surface area contributed by atoms with Crippen LogP contribution >= 0.6 is 0 Å². The van der Waals surface area contributed by atoms with Crippen LogP contribution in [0.15, 0.2) is 66.7 Å². The third-order valence-corrected chi connectivity index (χ3v) is 5.73. The first-order valence-corrected chi connectivity index (χ1v) is 10.9. The van der Waals surface area contributed by atoms with Crippen LogP contribution in [0.2, 0.25) is 0 Å². The molecule has 1 heterocycles. The Labute approximate surface area is 211 Å². The molecule has 0 bridgehead atoms. The van der Waals surface area contributed by atoms with Gasteiger partial charge in [-0.25, -0.2) is 9.18 Å². The van der Waals surface area contributed by atoms with Crippen molar-refractivity contribution in [2.45, 2.75) is 18.3 Å². The molecule has 1 atom stereocenters. The van der Waals surface area contributed by atoms with Crippen molar-refractivity contribution in [1.29, 1.82) is 0 Å². The van der Waals surface area contributed by atoms with Crippen LogP contribution in [0.4, 0.5) is 28.0 Å². The molecule has 0 radical (unpaired) electrons. The summed E-state index contributed by atoms with van der Waals surface area (Å²) in [7, 11) is 2.93. The normalized spacial score (nSPS) is 16.4. The number of halogens is 4. The maximum absolute atomic E-state index is 14.5. The lowest BCUT2D eigenvalue weighted by molar-refractivity contribution is -0.179. The Hall–Kier alpha value is -4.63. The summed E-state index contributed by atoms with van der Waals surface area (Å²) >= 11 is 0. The van der Waals surface area contributed by atoms with E-state index in [0.29, 0.717) is 22.6 Å². The SMILES string of the molecule is COc1ccc(CN2C(=O)N[C@@](C#CC#Cc3ccccc3OC)(C(F)(F)F)c3cc(F)ccc32)cc1. The third-order valence-electron chi connectivity index (χ3n) is 5.73. The molecule has 0 saturated heterocycles. The van der Waals surface area contributed by atoms with Gasteiger partial charge in [-0.05, 0) is 71.7 Å². The minimum absolute atomic E-state index is 0.0660. The number of alkyl halides is 3. The predicted octanol–water partition coefficient (Wildman–Crippen LogP) is 5.39. The molecule has 3 aromatic rings. The molecule has 1 aliphatic heterocycles. The number of fused-ring (bicyclic) bond motifs is 1. The van der Waals surface area contributed by atoms with Gasteiger partial charge in [0.2, 0.25) is 5.54 Å². The predicted molar refractivity (Wildman–Crippen MR) is 129 cm³/mol. The van der Waals surface area contributed by atoms with Crippen LogP contribution < -0.4 is 19.7 Å². The van der Waals surface area contributed by atoms with Gasteiger partial charge in [0, 0.05) is 5.56 Å². The fourth-order valence-electron chi connectivity index (χ4n) is 3.88. The van der Waals surface area contributed by atoms with Gasteiger partial charge < -0.3 is 14.8 Å². The number of carbonyl (C=O) groups is 1.